The maximum atomic E-state index is 5.63. The number of hydrogen-bond donors (Lipinski definition) is 2. The van der Waals surface area contributed by atoms with Gasteiger partial charge in [0.1, 0.15) is 0 Å². The topological polar surface area (TPSA) is 33.3 Å². The molecular formula is C15H29ClN2O. The van der Waals surface area contributed by atoms with Gasteiger partial charge in [-0.25, -0.2) is 0 Å². The van der Waals surface area contributed by atoms with Crippen molar-refractivity contribution in [1.82, 2.24) is 10.6 Å². The predicted octanol–water partition coefficient (Wildman–Crippen LogP) is 2.35. The van der Waals surface area contributed by atoms with E-state index in [4.69, 9.17) is 4.74 Å². The Balaban J connectivity index is 0.00000133. The normalized spacial score (nSPS) is 36.8. The Morgan fingerprint density at radius 3 is 2.79 bits per heavy atom. The fourth-order valence-corrected chi connectivity index (χ4v) is 3.76. The van der Waals surface area contributed by atoms with Gasteiger partial charge in [0, 0.05) is 25.2 Å². The summed E-state index contributed by atoms with van der Waals surface area (Å²) in [7, 11) is 0. The van der Waals surface area contributed by atoms with E-state index in [-0.39, 0.29) is 12.4 Å². The van der Waals surface area contributed by atoms with E-state index < -0.39 is 0 Å². The molecule has 0 radical (unpaired) electrons. The number of halogens is 1. The Labute approximate surface area is 123 Å². The fraction of sp³-hybridized carbons (Fsp3) is 1.00. The molecule has 3 aliphatic rings. The van der Waals surface area contributed by atoms with Gasteiger partial charge >= 0.3 is 0 Å². The summed E-state index contributed by atoms with van der Waals surface area (Å²) in [6.07, 6.45) is 8.36. The molecule has 3 unspecified atom stereocenters. The van der Waals surface area contributed by atoms with Gasteiger partial charge in [0.05, 0.1) is 13.2 Å². The molecule has 3 atom stereocenters. The first-order valence-electron chi connectivity index (χ1n) is 7.87. The predicted molar refractivity (Wildman–Crippen MR) is 80.9 cm³/mol. The third kappa shape index (κ3) is 3.63. The van der Waals surface area contributed by atoms with Crippen LogP contribution in [0.2, 0.25) is 0 Å². The Bertz CT molecular complexity index is 277. The first-order chi connectivity index (χ1) is 8.83. The summed E-state index contributed by atoms with van der Waals surface area (Å²) >= 11 is 0. The molecule has 1 saturated heterocycles. The number of nitrogens with one attached hydrogen (secondary N) is 2. The van der Waals surface area contributed by atoms with Crippen LogP contribution in [0.15, 0.2) is 0 Å². The van der Waals surface area contributed by atoms with Gasteiger partial charge in [0.25, 0.3) is 0 Å². The Morgan fingerprint density at radius 1 is 1.32 bits per heavy atom. The largest absolute Gasteiger partial charge is 0.379 e. The summed E-state index contributed by atoms with van der Waals surface area (Å²) < 4.78 is 5.63. The summed E-state index contributed by atoms with van der Waals surface area (Å²) in [5.74, 6) is 0.790. The van der Waals surface area contributed by atoms with E-state index in [0.29, 0.717) is 11.5 Å². The number of hydrogen-bond acceptors (Lipinski definition) is 3. The van der Waals surface area contributed by atoms with Crippen LogP contribution in [0.1, 0.15) is 45.4 Å². The molecule has 4 heteroatoms. The lowest BCUT2D eigenvalue weighted by Crippen LogP contribution is -2.51. The van der Waals surface area contributed by atoms with Crippen molar-refractivity contribution < 1.29 is 4.74 Å². The average Bonchev–Trinajstić information content (AvgIpc) is 3.07. The van der Waals surface area contributed by atoms with Crippen molar-refractivity contribution in [3.8, 4) is 0 Å². The molecule has 19 heavy (non-hydrogen) atoms. The molecule has 112 valence electrons. The van der Waals surface area contributed by atoms with Gasteiger partial charge in [-0.1, -0.05) is 13.3 Å². The lowest BCUT2D eigenvalue weighted by Gasteiger charge is -2.33. The van der Waals surface area contributed by atoms with Crippen molar-refractivity contribution in [1.29, 1.82) is 0 Å². The zero-order valence-electron chi connectivity index (χ0n) is 12.1. The van der Waals surface area contributed by atoms with E-state index in [0.717, 1.165) is 31.7 Å². The molecule has 1 heterocycles. The third-order valence-electron chi connectivity index (χ3n) is 5.48. The minimum atomic E-state index is 0. The zero-order chi connectivity index (χ0) is 12.4. The molecule has 0 aromatic rings. The highest BCUT2D eigenvalue weighted by Crippen LogP contribution is 2.48. The molecule has 0 bridgehead atoms. The minimum absolute atomic E-state index is 0. The molecule has 0 aromatic heterocycles. The van der Waals surface area contributed by atoms with Crippen molar-refractivity contribution in [2.45, 2.75) is 57.5 Å². The summed E-state index contributed by atoms with van der Waals surface area (Å²) in [5, 5.41) is 7.54. The van der Waals surface area contributed by atoms with Crippen molar-refractivity contribution in [2.75, 3.05) is 26.3 Å². The van der Waals surface area contributed by atoms with Crippen LogP contribution in [0.4, 0.5) is 0 Å². The smallest absolute Gasteiger partial charge is 0.0623 e. The Morgan fingerprint density at radius 2 is 2.16 bits per heavy atom. The maximum absolute atomic E-state index is 5.63. The third-order valence-corrected chi connectivity index (χ3v) is 5.48. The quantitative estimate of drug-likeness (QED) is 0.815. The van der Waals surface area contributed by atoms with Crippen LogP contribution in [-0.2, 0) is 4.74 Å². The van der Waals surface area contributed by atoms with Gasteiger partial charge in [0.2, 0.25) is 0 Å². The van der Waals surface area contributed by atoms with Crippen LogP contribution in [0.5, 0.6) is 0 Å². The first-order valence-corrected chi connectivity index (χ1v) is 7.87. The molecule has 0 amide bonds. The van der Waals surface area contributed by atoms with E-state index in [2.05, 4.69) is 17.6 Å². The second-order valence-corrected chi connectivity index (χ2v) is 6.57. The lowest BCUT2D eigenvalue weighted by molar-refractivity contribution is 0.0521. The van der Waals surface area contributed by atoms with Crippen molar-refractivity contribution in [3.63, 3.8) is 0 Å². The summed E-state index contributed by atoms with van der Waals surface area (Å²) in [6.45, 7) is 6.43. The van der Waals surface area contributed by atoms with E-state index in [1.54, 1.807) is 0 Å². The number of morpholine rings is 1. The highest BCUT2D eigenvalue weighted by Gasteiger charge is 2.42. The van der Waals surface area contributed by atoms with Crippen LogP contribution in [0.3, 0.4) is 0 Å². The monoisotopic (exact) mass is 288 g/mol. The molecule has 3 rings (SSSR count). The van der Waals surface area contributed by atoms with Crippen molar-refractivity contribution in [2.24, 2.45) is 11.3 Å². The van der Waals surface area contributed by atoms with Gasteiger partial charge in [-0.15, -0.1) is 12.4 Å². The summed E-state index contributed by atoms with van der Waals surface area (Å²) in [4.78, 5) is 0. The second kappa shape index (κ2) is 6.75. The first kappa shape index (κ1) is 15.6. The van der Waals surface area contributed by atoms with E-state index in [1.807, 2.05) is 0 Å². The van der Waals surface area contributed by atoms with Crippen LogP contribution in [-0.4, -0.2) is 38.4 Å². The molecular weight excluding hydrogens is 260 g/mol. The molecule has 2 N–H and O–H groups in total. The molecule has 1 aliphatic heterocycles. The van der Waals surface area contributed by atoms with Crippen molar-refractivity contribution >= 4 is 12.4 Å². The van der Waals surface area contributed by atoms with Crippen LogP contribution >= 0.6 is 12.4 Å². The van der Waals surface area contributed by atoms with Gasteiger partial charge in [-0.3, -0.25) is 0 Å². The lowest BCUT2D eigenvalue weighted by atomic mass is 9.93. The number of ether oxygens (including phenoxy) is 1. The molecule has 0 spiro atoms. The van der Waals surface area contributed by atoms with Crippen LogP contribution < -0.4 is 10.6 Å². The zero-order valence-corrected chi connectivity index (χ0v) is 12.9. The van der Waals surface area contributed by atoms with Gasteiger partial charge < -0.3 is 15.4 Å². The molecule has 2 aliphatic carbocycles. The van der Waals surface area contributed by atoms with Gasteiger partial charge in [-0.05, 0) is 43.4 Å². The van der Waals surface area contributed by atoms with E-state index in [1.165, 1.54) is 45.1 Å². The Kier molecular flexibility index (Phi) is 5.53. The maximum Gasteiger partial charge on any atom is 0.0623 e. The van der Waals surface area contributed by atoms with Gasteiger partial charge in [-0.2, -0.15) is 0 Å². The molecule has 3 nitrogen and oxygen atoms in total. The van der Waals surface area contributed by atoms with Gasteiger partial charge in [0.15, 0.2) is 0 Å². The summed E-state index contributed by atoms with van der Waals surface area (Å²) in [6, 6.07) is 1.32. The highest BCUT2D eigenvalue weighted by atomic mass is 35.5. The SMILES string of the molecule is CCC1(CNC2CCCC2C2COCCN2)CC1.Cl. The minimum Gasteiger partial charge on any atom is -0.379 e. The summed E-state index contributed by atoms with van der Waals surface area (Å²) in [5.41, 5.74) is 0.670. The highest BCUT2D eigenvalue weighted by molar-refractivity contribution is 5.85. The Hall–Kier alpha value is 0.170. The molecule has 0 aromatic carbocycles. The standard InChI is InChI=1S/C15H28N2O.ClH/c1-2-15(6-7-15)11-17-13-5-3-4-12(13)14-10-18-9-8-16-14;/h12-14,16-17H,2-11H2,1H3;1H. The van der Waals surface area contributed by atoms with Crippen LogP contribution in [0, 0.1) is 11.3 Å². The second-order valence-electron chi connectivity index (χ2n) is 6.57. The molecule has 3 fully saturated rings. The molecule has 2 saturated carbocycles. The number of rotatable bonds is 5. The fourth-order valence-electron chi connectivity index (χ4n) is 3.76. The van der Waals surface area contributed by atoms with E-state index >= 15 is 0 Å². The van der Waals surface area contributed by atoms with Crippen molar-refractivity contribution in [3.05, 3.63) is 0 Å². The average molecular weight is 289 g/mol. The van der Waals surface area contributed by atoms with Crippen LogP contribution in [0.25, 0.3) is 0 Å². The van der Waals surface area contributed by atoms with E-state index in [9.17, 15) is 0 Å².